The summed E-state index contributed by atoms with van der Waals surface area (Å²) in [5.74, 6) is -0.509. The molecule has 0 saturated carbocycles. The molecule has 144 valence electrons. The lowest BCUT2D eigenvalue weighted by Gasteiger charge is -2.25. The van der Waals surface area contributed by atoms with Gasteiger partial charge in [-0.2, -0.15) is 0 Å². The molecule has 1 heterocycles. The van der Waals surface area contributed by atoms with Crippen molar-refractivity contribution in [1.29, 1.82) is 0 Å². The van der Waals surface area contributed by atoms with Gasteiger partial charge in [-0.15, -0.1) is 0 Å². The van der Waals surface area contributed by atoms with Crippen molar-refractivity contribution in [3.05, 3.63) is 77.5 Å². The van der Waals surface area contributed by atoms with E-state index in [-0.39, 0.29) is 0 Å². The second-order valence-corrected chi connectivity index (χ2v) is 6.86. The van der Waals surface area contributed by atoms with Gasteiger partial charge in [0.15, 0.2) is 0 Å². The summed E-state index contributed by atoms with van der Waals surface area (Å²) in [6, 6.07) is 17.5. The van der Waals surface area contributed by atoms with Gasteiger partial charge in [0.1, 0.15) is 0 Å². The van der Waals surface area contributed by atoms with Crippen LogP contribution < -0.4 is 10.4 Å². The Morgan fingerprint density at radius 3 is 2.64 bits per heavy atom. The first-order valence-corrected chi connectivity index (χ1v) is 9.42. The number of para-hydroxylation sites is 1. The molecule has 0 radical (unpaired) electrons. The van der Waals surface area contributed by atoms with Crippen LogP contribution in [0.1, 0.15) is 36.2 Å². The summed E-state index contributed by atoms with van der Waals surface area (Å²) in [5, 5.41) is 9.84. The van der Waals surface area contributed by atoms with Crippen LogP contribution in [0.25, 0.3) is 17.0 Å². The summed E-state index contributed by atoms with van der Waals surface area (Å²) < 4.78 is 0. The Labute approximate surface area is 165 Å². The maximum Gasteiger partial charge on any atom is 0.274 e. The highest BCUT2D eigenvalue weighted by Crippen LogP contribution is 2.21. The lowest BCUT2D eigenvalue weighted by molar-refractivity contribution is 0.0706. The van der Waals surface area contributed by atoms with Crippen molar-refractivity contribution in [3.8, 4) is 0 Å². The van der Waals surface area contributed by atoms with Crippen LogP contribution in [-0.2, 0) is 0 Å². The van der Waals surface area contributed by atoms with E-state index in [1.54, 1.807) is 17.6 Å². The van der Waals surface area contributed by atoms with Gasteiger partial charge in [0.2, 0.25) is 0 Å². The monoisotopic (exact) mass is 375 g/mol. The predicted octanol–water partition coefficient (Wildman–Crippen LogP) is 4.67. The number of carbonyl (C=O) groups excluding carboxylic acids is 1. The predicted molar refractivity (Wildman–Crippen MR) is 114 cm³/mol. The molecule has 0 aliphatic rings. The van der Waals surface area contributed by atoms with E-state index in [1.807, 2.05) is 36.5 Å². The van der Waals surface area contributed by atoms with Crippen molar-refractivity contribution in [2.75, 3.05) is 18.0 Å². The smallest absolute Gasteiger partial charge is 0.274 e. The second kappa shape index (κ2) is 9.15. The Hall–Kier alpha value is -3.18. The van der Waals surface area contributed by atoms with Crippen molar-refractivity contribution in [2.24, 2.45) is 0 Å². The number of anilines is 1. The molecule has 0 atom stereocenters. The fraction of sp³-hybridized carbons (Fsp3) is 0.217. The molecule has 1 amide bonds. The number of nitrogens with one attached hydrogen (secondary N) is 1. The molecule has 3 aromatic rings. The van der Waals surface area contributed by atoms with Crippen LogP contribution in [0, 0.1) is 0 Å². The zero-order valence-electron chi connectivity index (χ0n) is 16.2. The first-order chi connectivity index (χ1) is 13.6. The molecule has 5 nitrogen and oxygen atoms in total. The fourth-order valence-corrected chi connectivity index (χ4v) is 3.23. The number of fused-ring (bicyclic) bond motifs is 1. The molecule has 0 aliphatic heterocycles. The van der Waals surface area contributed by atoms with Gasteiger partial charge in [0.05, 0.1) is 17.4 Å². The number of aromatic nitrogens is 1. The molecule has 5 heteroatoms. The Balaban J connectivity index is 1.78. The average Bonchev–Trinajstić information content (AvgIpc) is 2.73. The number of hydroxylamine groups is 1. The molecule has 0 unspecified atom stereocenters. The molecular weight excluding hydrogens is 350 g/mol. The van der Waals surface area contributed by atoms with Crippen molar-refractivity contribution in [3.63, 3.8) is 0 Å². The van der Waals surface area contributed by atoms with E-state index in [2.05, 4.69) is 41.9 Å². The van der Waals surface area contributed by atoms with E-state index in [0.29, 0.717) is 5.56 Å². The highest BCUT2D eigenvalue weighted by Gasteiger charge is 2.08. The van der Waals surface area contributed by atoms with Crippen molar-refractivity contribution < 1.29 is 10.0 Å². The third kappa shape index (κ3) is 4.75. The number of amides is 1. The van der Waals surface area contributed by atoms with Crippen LogP contribution in [0.2, 0.25) is 0 Å². The van der Waals surface area contributed by atoms with Gasteiger partial charge in [-0.1, -0.05) is 48.9 Å². The number of nitrogens with zero attached hydrogens (tertiary/aromatic N) is 2. The number of benzene rings is 2. The standard InChI is InChI=1S/C23H25N3O2/c1-3-12-26(21-14-20-6-4-5-7-22(20)24-15-21)16-17(2)13-18-8-10-19(11-9-18)23(27)25-28/h4-11,13-15,28H,3,12,16H2,1-2H3,(H,25,27)/b17-13+. The normalized spacial score (nSPS) is 11.5. The molecule has 0 spiro atoms. The Morgan fingerprint density at radius 1 is 1.18 bits per heavy atom. The van der Waals surface area contributed by atoms with Crippen LogP contribution in [0.5, 0.6) is 0 Å². The minimum atomic E-state index is -0.509. The molecule has 0 bridgehead atoms. The highest BCUT2D eigenvalue weighted by molar-refractivity contribution is 5.93. The number of carbonyl (C=O) groups is 1. The van der Waals surface area contributed by atoms with E-state index in [9.17, 15) is 4.79 Å². The molecule has 1 aromatic heterocycles. The molecule has 0 aliphatic carbocycles. The van der Waals surface area contributed by atoms with Crippen LogP contribution in [0.15, 0.2) is 66.4 Å². The number of hydrogen-bond acceptors (Lipinski definition) is 4. The van der Waals surface area contributed by atoms with E-state index in [0.717, 1.165) is 41.7 Å². The highest BCUT2D eigenvalue weighted by atomic mass is 16.5. The second-order valence-electron chi connectivity index (χ2n) is 6.86. The molecule has 2 N–H and O–H groups in total. The number of rotatable bonds is 7. The van der Waals surface area contributed by atoms with Crippen LogP contribution in [-0.4, -0.2) is 29.2 Å². The third-order valence-electron chi connectivity index (χ3n) is 4.56. The van der Waals surface area contributed by atoms with E-state index in [4.69, 9.17) is 5.21 Å². The van der Waals surface area contributed by atoms with Crippen LogP contribution >= 0.6 is 0 Å². The summed E-state index contributed by atoms with van der Waals surface area (Å²) in [7, 11) is 0. The Bertz CT molecular complexity index is 981. The largest absolute Gasteiger partial charge is 0.366 e. The first-order valence-electron chi connectivity index (χ1n) is 9.42. The molecular formula is C23H25N3O2. The molecule has 3 rings (SSSR count). The van der Waals surface area contributed by atoms with Gasteiger partial charge >= 0.3 is 0 Å². The van der Waals surface area contributed by atoms with E-state index >= 15 is 0 Å². The maximum absolute atomic E-state index is 11.4. The Morgan fingerprint density at radius 2 is 1.93 bits per heavy atom. The van der Waals surface area contributed by atoms with Crippen molar-refractivity contribution in [1.82, 2.24) is 10.5 Å². The van der Waals surface area contributed by atoms with E-state index in [1.165, 1.54) is 5.57 Å². The van der Waals surface area contributed by atoms with Gasteiger partial charge in [0.25, 0.3) is 5.91 Å². The van der Waals surface area contributed by atoms with E-state index < -0.39 is 5.91 Å². The van der Waals surface area contributed by atoms with Crippen molar-refractivity contribution >= 4 is 28.6 Å². The first kappa shape index (κ1) is 19.6. The average molecular weight is 375 g/mol. The fourth-order valence-electron chi connectivity index (χ4n) is 3.23. The van der Waals surface area contributed by atoms with Crippen LogP contribution in [0.4, 0.5) is 5.69 Å². The van der Waals surface area contributed by atoms with Crippen molar-refractivity contribution in [2.45, 2.75) is 20.3 Å². The summed E-state index contributed by atoms with van der Waals surface area (Å²) in [6.07, 6.45) is 5.09. The van der Waals surface area contributed by atoms with Gasteiger partial charge in [-0.3, -0.25) is 15.0 Å². The molecule has 2 aromatic carbocycles. The minimum Gasteiger partial charge on any atom is -0.366 e. The SMILES string of the molecule is CCCN(C/C(C)=C/c1ccc(C(=O)NO)cc1)c1cnc2ccccc2c1. The minimum absolute atomic E-state index is 0.423. The summed E-state index contributed by atoms with van der Waals surface area (Å²) in [5.41, 5.74) is 6.41. The lowest BCUT2D eigenvalue weighted by atomic mass is 10.1. The summed E-state index contributed by atoms with van der Waals surface area (Å²) >= 11 is 0. The van der Waals surface area contributed by atoms with Gasteiger partial charge < -0.3 is 4.90 Å². The molecule has 0 saturated heterocycles. The topological polar surface area (TPSA) is 65.5 Å². The Kier molecular flexibility index (Phi) is 6.40. The summed E-state index contributed by atoms with van der Waals surface area (Å²) in [4.78, 5) is 18.3. The number of hydrogen-bond donors (Lipinski definition) is 2. The van der Waals surface area contributed by atoms with Gasteiger partial charge in [-0.25, -0.2) is 5.48 Å². The molecule has 28 heavy (non-hydrogen) atoms. The molecule has 0 fully saturated rings. The number of pyridine rings is 1. The zero-order valence-corrected chi connectivity index (χ0v) is 16.2. The van der Waals surface area contributed by atoms with Gasteiger partial charge in [0, 0.05) is 24.0 Å². The lowest BCUT2D eigenvalue weighted by Crippen LogP contribution is -2.26. The third-order valence-corrected chi connectivity index (χ3v) is 4.56. The van der Waals surface area contributed by atoms with Crippen LogP contribution in [0.3, 0.4) is 0 Å². The maximum atomic E-state index is 11.4. The van der Waals surface area contributed by atoms with Gasteiger partial charge in [-0.05, 0) is 43.2 Å². The zero-order chi connectivity index (χ0) is 19.9. The summed E-state index contributed by atoms with van der Waals surface area (Å²) in [6.45, 7) is 6.02. The quantitative estimate of drug-likeness (QED) is 0.465.